The van der Waals surface area contributed by atoms with Crippen LogP contribution in [0.3, 0.4) is 0 Å². The highest BCUT2D eigenvalue weighted by Crippen LogP contribution is 2.33. The molecule has 0 aliphatic carbocycles. The minimum absolute atomic E-state index is 0.327. The largest absolute Gasteiger partial charge is 0.293 e. The summed E-state index contributed by atoms with van der Waals surface area (Å²) in [5, 5.41) is 0. The van der Waals surface area contributed by atoms with Gasteiger partial charge in [0, 0.05) is 11.1 Å². The van der Waals surface area contributed by atoms with Crippen molar-refractivity contribution in [2.24, 2.45) is 0 Å². The summed E-state index contributed by atoms with van der Waals surface area (Å²) in [6, 6.07) is 0. The molecule has 0 aromatic rings. The highest BCUT2D eigenvalue weighted by molar-refractivity contribution is 4.92. The van der Waals surface area contributed by atoms with Crippen molar-refractivity contribution in [3.8, 4) is 0 Å². The lowest BCUT2D eigenvalue weighted by atomic mass is 9.85. The minimum Gasteiger partial charge on any atom is -0.293 e. The lowest BCUT2D eigenvalue weighted by Crippen LogP contribution is -2.55. The second kappa shape index (κ2) is 14.9. The summed E-state index contributed by atoms with van der Waals surface area (Å²) in [4.78, 5) is 2.87. The third-order valence-corrected chi connectivity index (χ3v) is 6.23. The van der Waals surface area contributed by atoms with E-state index in [9.17, 15) is 0 Å². The van der Waals surface area contributed by atoms with Crippen LogP contribution in [0, 0.1) is 0 Å². The normalized spacial score (nSPS) is 12.9. The zero-order valence-corrected chi connectivity index (χ0v) is 19.8. The molecule has 0 atom stereocenters. The lowest BCUT2D eigenvalue weighted by Gasteiger charge is -2.49. The molecular formula is C25H53N. The average Bonchev–Trinajstić information content (AvgIpc) is 2.59. The van der Waals surface area contributed by atoms with Gasteiger partial charge in [0.2, 0.25) is 0 Å². The lowest BCUT2D eigenvalue weighted by molar-refractivity contribution is 0.00199. The summed E-state index contributed by atoms with van der Waals surface area (Å²) in [6.45, 7) is 18.2. The van der Waals surface area contributed by atoms with Gasteiger partial charge in [-0.15, -0.1) is 0 Å². The van der Waals surface area contributed by atoms with Crippen molar-refractivity contribution in [3.63, 3.8) is 0 Å². The predicted octanol–water partition coefficient (Wildman–Crippen LogP) is 8.76. The van der Waals surface area contributed by atoms with Crippen molar-refractivity contribution < 1.29 is 0 Å². The SMILES string of the molecule is CCCCCCCCCCCN(C(C)(C)CCCC)C(C)(C)CCCC. The van der Waals surface area contributed by atoms with E-state index in [0.29, 0.717) is 11.1 Å². The minimum atomic E-state index is 0.327. The maximum Gasteiger partial charge on any atom is 0.0158 e. The third-order valence-electron chi connectivity index (χ3n) is 6.23. The van der Waals surface area contributed by atoms with E-state index in [4.69, 9.17) is 0 Å². The van der Waals surface area contributed by atoms with Crippen LogP contribution in [0.1, 0.15) is 145 Å². The fourth-order valence-corrected chi connectivity index (χ4v) is 4.49. The quantitative estimate of drug-likeness (QED) is 0.219. The van der Waals surface area contributed by atoms with Gasteiger partial charge < -0.3 is 0 Å². The highest BCUT2D eigenvalue weighted by atomic mass is 15.2. The molecule has 0 aromatic heterocycles. The van der Waals surface area contributed by atoms with Crippen LogP contribution in [0.15, 0.2) is 0 Å². The van der Waals surface area contributed by atoms with E-state index in [0.717, 1.165) is 0 Å². The van der Waals surface area contributed by atoms with E-state index in [1.54, 1.807) is 0 Å². The molecule has 0 heterocycles. The van der Waals surface area contributed by atoms with Crippen LogP contribution in [0.25, 0.3) is 0 Å². The van der Waals surface area contributed by atoms with E-state index < -0.39 is 0 Å². The molecule has 26 heavy (non-hydrogen) atoms. The first-order valence-electron chi connectivity index (χ1n) is 12.1. The third kappa shape index (κ3) is 11.6. The van der Waals surface area contributed by atoms with Crippen molar-refractivity contribution in [2.45, 2.75) is 156 Å². The summed E-state index contributed by atoms with van der Waals surface area (Å²) in [5.74, 6) is 0. The molecule has 0 saturated heterocycles. The summed E-state index contributed by atoms with van der Waals surface area (Å²) in [5.41, 5.74) is 0.654. The van der Waals surface area contributed by atoms with Crippen LogP contribution in [-0.4, -0.2) is 22.5 Å². The fourth-order valence-electron chi connectivity index (χ4n) is 4.49. The first-order chi connectivity index (χ1) is 12.3. The topological polar surface area (TPSA) is 3.24 Å². The first kappa shape index (κ1) is 26.0. The molecule has 0 spiro atoms. The molecule has 0 N–H and O–H groups in total. The molecule has 0 fully saturated rings. The van der Waals surface area contributed by atoms with Crippen molar-refractivity contribution in [1.82, 2.24) is 4.90 Å². The van der Waals surface area contributed by atoms with Gasteiger partial charge in [-0.2, -0.15) is 0 Å². The molecular weight excluding hydrogens is 314 g/mol. The van der Waals surface area contributed by atoms with Gasteiger partial charge in [-0.1, -0.05) is 97.8 Å². The van der Waals surface area contributed by atoms with E-state index >= 15 is 0 Å². The van der Waals surface area contributed by atoms with E-state index in [-0.39, 0.29) is 0 Å². The molecule has 0 aromatic carbocycles. The molecule has 0 bridgehead atoms. The van der Waals surface area contributed by atoms with Crippen LogP contribution in [-0.2, 0) is 0 Å². The van der Waals surface area contributed by atoms with Crippen LogP contribution in [0.2, 0.25) is 0 Å². The standard InChI is InChI=1S/C25H53N/c1-8-11-14-15-16-17-18-19-20-23-26(24(4,5)21-12-9-2)25(6,7)22-13-10-3/h8-23H2,1-7H3. The van der Waals surface area contributed by atoms with Gasteiger partial charge in [-0.3, -0.25) is 4.90 Å². The van der Waals surface area contributed by atoms with Crippen molar-refractivity contribution in [1.29, 1.82) is 0 Å². The van der Waals surface area contributed by atoms with E-state index in [2.05, 4.69) is 53.4 Å². The van der Waals surface area contributed by atoms with Gasteiger partial charge in [-0.25, -0.2) is 0 Å². The van der Waals surface area contributed by atoms with Gasteiger partial charge in [0.25, 0.3) is 0 Å². The van der Waals surface area contributed by atoms with Gasteiger partial charge in [0.15, 0.2) is 0 Å². The van der Waals surface area contributed by atoms with Gasteiger partial charge in [0.05, 0.1) is 0 Å². The molecule has 1 nitrogen and oxygen atoms in total. The van der Waals surface area contributed by atoms with Crippen LogP contribution >= 0.6 is 0 Å². The summed E-state index contributed by atoms with van der Waals surface area (Å²) < 4.78 is 0. The maximum atomic E-state index is 2.87. The molecule has 0 radical (unpaired) electrons. The summed E-state index contributed by atoms with van der Waals surface area (Å²) >= 11 is 0. The fraction of sp³-hybridized carbons (Fsp3) is 1.00. The van der Waals surface area contributed by atoms with Gasteiger partial charge >= 0.3 is 0 Å². The molecule has 0 amide bonds. The molecule has 0 aliphatic rings. The Labute approximate surface area is 167 Å². The molecule has 0 rings (SSSR count). The Kier molecular flexibility index (Phi) is 14.9. The van der Waals surface area contributed by atoms with Crippen molar-refractivity contribution in [3.05, 3.63) is 0 Å². The number of unbranched alkanes of at least 4 members (excludes halogenated alkanes) is 10. The van der Waals surface area contributed by atoms with Crippen LogP contribution in [0.5, 0.6) is 0 Å². The molecule has 158 valence electrons. The van der Waals surface area contributed by atoms with Gasteiger partial charge in [-0.05, 0) is 53.5 Å². The van der Waals surface area contributed by atoms with Crippen molar-refractivity contribution >= 4 is 0 Å². The average molecular weight is 368 g/mol. The summed E-state index contributed by atoms with van der Waals surface area (Å²) in [7, 11) is 0. The maximum absolute atomic E-state index is 2.87. The molecule has 0 unspecified atom stereocenters. The first-order valence-corrected chi connectivity index (χ1v) is 12.1. The highest BCUT2D eigenvalue weighted by Gasteiger charge is 2.36. The number of rotatable bonds is 18. The second-order valence-electron chi connectivity index (χ2n) is 9.81. The number of hydrogen-bond donors (Lipinski definition) is 0. The Morgan fingerprint density at radius 1 is 0.462 bits per heavy atom. The molecule has 1 heteroatoms. The zero-order valence-electron chi connectivity index (χ0n) is 19.8. The monoisotopic (exact) mass is 367 g/mol. The van der Waals surface area contributed by atoms with E-state index in [1.807, 2.05) is 0 Å². The second-order valence-corrected chi connectivity index (χ2v) is 9.81. The number of nitrogens with zero attached hydrogens (tertiary/aromatic N) is 1. The van der Waals surface area contributed by atoms with Crippen LogP contribution in [0.4, 0.5) is 0 Å². The van der Waals surface area contributed by atoms with Crippen LogP contribution < -0.4 is 0 Å². The zero-order chi connectivity index (χ0) is 19.9. The molecule has 0 saturated carbocycles. The van der Waals surface area contributed by atoms with E-state index in [1.165, 1.54) is 103 Å². The predicted molar refractivity (Wildman–Crippen MR) is 121 cm³/mol. The Bertz CT molecular complexity index is 285. The Morgan fingerprint density at radius 2 is 0.808 bits per heavy atom. The number of hydrogen-bond acceptors (Lipinski definition) is 1. The Morgan fingerprint density at radius 3 is 1.19 bits per heavy atom. The van der Waals surface area contributed by atoms with Crippen molar-refractivity contribution in [2.75, 3.05) is 6.54 Å². The molecule has 0 aliphatic heterocycles. The Hall–Kier alpha value is -0.0400. The Balaban J connectivity index is 4.40. The van der Waals surface area contributed by atoms with Gasteiger partial charge in [0.1, 0.15) is 0 Å². The summed E-state index contributed by atoms with van der Waals surface area (Å²) in [6.07, 6.45) is 20.8. The smallest absolute Gasteiger partial charge is 0.0158 e.